The number of anilines is 2. The third-order valence-electron chi connectivity index (χ3n) is 4.16. The predicted molar refractivity (Wildman–Crippen MR) is 107 cm³/mol. The first-order valence-corrected chi connectivity index (χ1v) is 9.01. The fourth-order valence-electron chi connectivity index (χ4n) is 2.65. The number of hydrogen-bond donors (Lipinski definition) is 3. The molecule has 3 N–H and O–H groups in total. The fourth-order valence-corrected chi connectivity index (χ4v) is 2.65. The Kier molecular flexibility index (Phi) is 6.47. The van der Waals surface area contributed by atoms with E-state index in [1.165, 1.54) is 24.3 Å². The normalized spacial score (nSPS) is 11.1. The molecule has 166 valence electrons. The van der Waals surface area contributed by atoms with Gasteiger partial charge in [-0.1, -0.05) is 12.1 Å². The number of carboxylic acid groups (broad SMARTS) is 1. The molecule has 1 aromatic carbocycles. The number of benzene rings is 1. The minimum Gasteiger partial charge on any atom is -0.478 e. The molecule has 3 rings (SSSR count). The highest BCUT2D eigenvalue weighted by molar-refractivity contribution is 5.94. The summed E-state index contributed by atoms with van der Waals surface area (Å²) >= 11 is 0. The van der Waals surface area contributed by atoms with Crippen molar-refractivity contribution in [2.24, 2.45) is 0 Å². The van der Waals surface area contributed by atoms with Crippen LogP contribution in [-0.4, -0.2) is 44.0 Å². The summed E-state index contributed by atoms with van der Waals surface area (Å²) in [5, 5.41) is 25.7. The first-order valence-electron chi connectivity index (χ1n) is 9.01. The summed E-state index contributed by atoms with van der Waals surface area (Å²) in [6.45, 7) is 0.543. The van der Waals surface area contributed by atoms with E-state index in [0.29, 0.717) is 12.4 Å². The predicted octanol–water partition coefficient (Wildman–Crippen LogP) is 3.69. The second-order valence-corrected chi connectivity index (χ2v) is 6.35. The Bertz CT molecular complexity index is 1140. The largest absolute Gasteiger partial charge is 0.478 e. The Morgan fingerprint density at radius 2 is 1.84 bits per heavy atom. The van der Waals surface area contributed by atoms with Crippen molar-refractivity contribution in [1.82, 2.24) is 15.0 Å². The Balaban J connectivity index is 1.72. The number of rotatable bonds is 8. The van der Waals surface area contributed by atoms with Crippen molar-refractivity contribution < 1.29 is 28.0 Å². The molecule has 0 atom stereocenters. The van der Waals surface area contributed by atoms with Crippen LogP contribution >= 0.6 is 0 Å². The average Bonchev–Trinajstić information content (AvgIpc) is 2.76. The molecule has 0 bridgehead atoms. The average molecular weight is 448 g/mol. The molecule has 0 aliphatic rings. The van der Waals surface area contributed by atoms with Gasteiger partial charge in [0, 0.05) is 30.9 Å². The molecule has 0 saturated heterocycles. The highest BCUT2D eigenvalue weighted by Gasteiger charge is 2.31. The summed E-state index contributed by atoms with van der Waals surface area (Å²) in [6, 6.07) is 6.91. The van der Waals surface area contributed by atoms with E-state index in [1.807, 2.05) is 0 Å². The van der Waals surface area contributed by atoms with Gasteiger partial charge in [-0.3, -0.25) is 10.1 Å². The van der Waals surface area contributed by atoms with E-state index < -0.39 is 22.6 Å². The number of halogens is 3. The molecule has 0 aliphatic heterocycles. The molecule has 10 nitrogen and oxygen atoms in total. The first kappa shape index (κ1) is 22.4. The van der Waals surface area contributed by atoms with Crippen molar-refractivity contribution >= 4 is 23.4 Å². The van der Waals surface area contributed by atoms with E-state index in [4.69, 9.17) is 0 Å². The molecule has 0 radical (unpaired) electrons. The lowest BCUT2D eigenvalue weighted by molar-refractivity contribution is -0.385. The van der Waals surface area contributed by atoms with Crippen LogP contribution in [0.25, 0.3) is 11.3 Å². The zero-order valence-electron chi connectivity index (χ0n) is 16.1. The molecular formula is C19H15F3N6O4. The lowest BCUT2D eigenvalue weighted by atomic mass is 10.0. The highest BCUT2D eigenvalue weighted by Crippen LogP contribution is 2.32. The molecule has 3 aromatic rings. The molecular weight excluding hydrogens is 433 g/mol. The minimum atomic E-state index is -4.59. The van der Waals surface area contributed by atoms with Crippen molar-refractivity contribution in [3.05, 3.63) is 70.0 Å². The number of nitro groups is 1. The zero-order valence-corrected chi connectivity index (χ0v) is 16.1. The monoisotopic (exact) mass is 448 g/mol. The van der Waals surface area contributed by atoms with Crippen LogP contribution in [0.5, 0.6) is 0 Å². The van der Waals surface area contributed by atoms with E-state index in [0.717, 1.165) is 24.5 Å². The number of alkyl halides is 3. The summed E-state index contributed by atoms with van der Waals surface area (Å²) in [4.78, 5) is 33.4. The number of aromatic carboxylic acids is 1. The number of pyridine rings is 1. The van der Waals surface area contributed by atoms with Gasteiger partial charge in [0.1, 0.15) is 17.6 Å². The molecule has 0 saturated carbocycles. The van der Waals surface area contributed by atoms with Crippen molar-refractivity contribution in [3.63, 3.8) is 0 Å². The lowest BCUT2D eigenvalue weighted by Gasteiger charge is -2.12. The van der Waals surface area contributed by atoms with Crippen molar-refractivity contribution in [2.45, 2.75) is 6.18 Å². The van der Waals surface area contributed by atoms with Gasteiger partial charge < -0.3 is 15.7 Å². The lowest BCUT2D eigenvalue weighted by Crippen LogP contribution is -2.16. The smallest absolute Gasteiger partial charge is 0.416 e. The molecule has 0 fully saturated rings. The van der Waals surface area contributed by atoms with Crippen LogP contribution in [0.1, 0.15) is 15.9 Å². The third-order valence-corrected chi connectivity index (χ3v) is 4.16. The number of hydrogen-bond acceptors (Lipinski definition) is 8. The Morgan fingerprint density at radius 1 is 1.09 bits per heavy atom. The number of aromatic nitrogens is 3. The SMILES string of the molecule is O=C(O)c1cnc(NCCNc2ccc([N+](=O)[O-])cn2)nc1-c1cccc(C(F)(F)F)c1. The van der Waals surface area contributed by atoms with Crippen LogP contribution in [0.2, 0.25) is 0 Å². The summed E-state index contributed by atoms with van der Waals surface area (Å²) in [7, 11) is 0. The maximum absolute atomic E-state index is 13.0. The molecule has 0 unspecified atom stereocenters. The summed E-state index contributed by atoms with van der Waals surface area (Å²) in [6.07, 6.45) is -2.48. The minimum absolute atomic E-state index is 0.0147. The summed E-state index contributed by atoms with van der Waals surface area (Å²) < 4.78 is 39.1. The van der Waals surface area contributed by atoms with Gasteiger partial charge in [0.25, 0.3) is 5.69 Å². The summed E-state index contributed by atoms with van der Waals surface area (Å²) in [5.74, 6) is -0.972. The number of nitrogens with one attached hydrogen (secondary N) is 2. The molecule has 0 spiro atoms. The molecule has 2 heterocycles. The van der Waals surface area contributed by atoms with Gasteiger partial charge in [-0.15, -0.1) is 0 Å². The van der Waals surface area contributed by atoms with E-state index in [1.54, 1.807) is 0 Å². The first-order chi connectivity index (χ1) is 15.1. The van der Waals surface area contributed by atoms with Crippen LogP contribution in [-0.2, 0) is 6.18 Å². The second kappa shape index (κ2) is 9.24. The van der Waals surface area contributed by atoms with Gasteiger partial charge in [-0.2, -0.15) is 13.2 Å². The van der Waals surface area contributed by atoms with Crippen LogP contribution in [0.4, 0.5) is 30.6 Å². The van der Waals surface area contributed by atoms with E-state index >= 15 is 0 Å². The quantitative estimate of drug-likeness (QED) is 0.267. The molecule has 32 heavy (non-hydrogen) atoms. The van der Waals surface area contributed by atoms with E-state index in [2.05, 4.69) is 25.6 Å². The van der Waals surface area contributed by atoms with Gasteiger partial charge in [-0.05, 0) is 18.2 Å². The van der Waals surface area contributed by atoms with Gasteiger partial charge >= 0.3 is 12.1 Å². The van der Waals surface area contributed by atoms with Crippen LogP contribution in [0, 0.1) is 10.1 Å². The van der Waals surface area contributed by atoms with Crippen LogP contribution in [0.15, 0.2) is 48.8 Å². The maximum Gasteiger partial charge on any atom is 0.416 e. The molecule has 2 aromatic heterocycles. The fraction of sp³-hybridized carbons (Fsp3) is 0.158. The Hall–Kier alpha value is -4.29. The van der Waals surface area contributed by atoms with Gasteiger partial charge in [-0.25, -0.2) is 19.7 Å². The highest BCUT2D eigenvalue weighted by atomic mass is 19.4. The third kappa shape index (κ3) is 5.44. The Morgan fingerprint density at radius 3 is 2.47 bits per heavy atom. The van der Waals surface area contributed by atoms with E-state index in [9.17, 15) is 33.2 Å². The molecule has 0 amide bonds. The van der Waals surface area contributed by atoms with Gasteiger partial charge in [0.2, 0.25) is 5.95 Å². The van der Waals surface area contributed by atoms with Crippen molar-refractivity contribution in [2.75, 3.05) is 23.7 Å². The standard InChI is InChI=1S/C19H15F3N6O4/c20-19(21,22)12-3-1-2-11(8-12)16-14(17(29)30)10-26-18(27-16)24-7-6-23-15-5-4-13(9-25-15)28(31)32/h1-5,8-10H,6-7H2,(H,23,25)(H,29,30)(H,24,26,27). The molecule has 0 aliphatic carbocycles. The van der Waals surface area contributed by atoms with Gasteiger partial charge in [0.15, 0.2) is 0 Å². The number of nitrogens with zero attached hydrogens (tertiary/aromatic N) is 4. The Labute approximate surface area is 178 Å². The second-order valence-electron chi connectivity index (χ2n) is 6.35. The molecule has 13 heteroatoms. The maximum atomic E-state index is 13.0. The van der Waals surface area contributed by atoms with Crippen LogP contribution < -0.4 is 10.6 Å². The zero-order chi connectivity index (χ0) is 23.3. The van der Waals surface area contributed by atoms with Crippen molar-refractivity contribution in [1.29, 1.82) is 0 Å². The van der Waals surface area contributed by atoms with Crippen LogP contribution in [0.3, 0.4) is 0 Å². The number of carboxylic acids is 1. The van der Waals surface area contributed by atoms with Crippen molar-refractivity contribution in [3.8, 4) is 11.3 Å². The topological polar surface area (TPSA) is 143 Å². The summed E-state index contributed by atoms with van der Waals surface area (Å²) in [5.41, 5.74) is -1.60. The van der Waals surface area contributed by atoms with Gasteiger partial charge in [0.05, 0.1) is 16.2 Å². The van der Waals surface area contributed by atoms with E-state index in [-0.39, 0.29) is 35.0 Å². The number of carbonyl (C=O) groups is 1.